The maximum atomic E-state index is 10.5. The summed E-state index contributed by atoms with van der Waals surface area (Å²) in [5.41, 5.74) is 2.12. The van der Waals surface area contributed by atoms with E-state index in [1.807, 2.05) is 24.3 Å². The van der Waals surface area contributed by atoms with E-state index in [9.17, 15) is 10.1 Å². The Morgan fingerprint density at radius 1 is 1.06 bits per heavy atom. The third kappa shape index (κ3) is 3.30. The minimum absolute atomic E-state index is 0.101. The zero-order valence-electron chi connectivity index (χ0n) is 9.47. The number of nitrogens with zero attached hydrogens (tertiary/aromatic N) is 1. The Labute approximate surface area is 113 Å². The first-order valence-corrected chi connectivity index (χ1v) is 6.17. The Bertz CT molecular complexity index is 538. The van der Waals surface area contributed by atoms with Crippen LogP contribution in [-0.4, -0.2) is 4.92 Å². The zero-order chi connectivity index (χ0) is 13.0. The van der Waals surface area contributed by atoms with Gasteiger partial charge in [-0.2, -0.15) is 0 Å². The highest BCUT2D eigenvalue weighted by atomic mass is 79.9. The summed E-state index contributed by atoms with van der Waals surface area (Å²) in [7, 11) is 0. The topological polar surface area (TPSA) is 55.2 Å². The first kappa shape index (κ1) is 12.6. The molecule has 0 atom stereocenters. The molecule has 0 saturated carbocycles. The molecule has 0 aliphatic heterocycles. The van der Waals surface area contributed by atoms with Crippen LogP contribution in [0.2, 0.25) is 0 Å². The van der Waals surface area contributed by atoms with E-state index < -0.39 is 4.92 Å². The number of nitro benzene ring substituents is 1. The maximum Gasteiger partial charge on any atom is 0.269 e. The van der Waals surface area contributed by atoms with Crippen molar-refractivity contribution in [2.75, 3.05) is 5.32 Å². The summed E-state index contributed by atoms with van der Waals surface area (Å²) in [5, 5.41) is 13.7. The predicted molar refractivity (Wildman–Crippen MR) is 74.6 cm³/mol. The van der Waals surface area contributed by atoms with E-state index in [1.54, 1.807) is 12.1 Å². The molecule has 2 aromatic carbocycles. The van der Waals surface area contributed by atoms with Gasteiger partial charge in [-0.25, -0.2) is 0 Å². The van der Waals surface area contributed by atoms with Gasteiger partial charge in [-0.1, -0.05) is 28.1 Å². The second kappa shape index (κ2) is 5.64. The van der Waals surface area contributed by atoms with Crippen molar-refractivity contribution in [2.45, 2.75) is 6.54 Å². The van der Waals surface area contributed by atoms with Gasteiger partial charge in [-0.3, -0.25) is 10.1 Å². The molecule has 92 valence electrons. The van der Waals surface area contributed by atoms with Gasteiger partial charge in [0.05, 0.1) is 4.92 Å². The minimum Gasteiger partial charge on any atom is -0.381 e. The number of non-ortho nitro benzene ring substituents is 1. The van der Waals surface area contributed by atoms with Gasteiger partial charge in [0.15, 0.2) is 0 Å². The molecule has 4 nitrogen and oxygen atoms in total. The summed E-state index contributed by atoms with van der Waals surface area (Å²) in [4.78, 5) is 10.1. The molecule has 0 aliphatic carbocycles. The Morgan fingerprint density at radius 2 is 1.67 bits per heavy atom. The molecule has 0 heterocycles. The molecular formula is C13H11BrN2O2. The number of hydrogen-bond acceptors (Lipinski definition) is 3. The van der Waals surface area contributed by atoms with Crippen LogP contribution in [-0.2, 0) is 6.54 Å². The molecule has 5 heteroatoms. The van der Waals surface area contributed by atoms with Crippen LogP contribution in [0.1, 0.15) is 5.56 Å². The number of halogens is 1. The number of nitrogens with one attached hydrogen (secondary N) is 1. The van der Waals surface area contributed by atoms with Crippen molar-refractivity contribution in [2.24, 2.45) is 0 Å². The average molecular weight is 307 g/mol. The van der Waals surface area contributed by atoms with Crippen LogP contribution < -0.4 is 5.32 Å². The molecule has 0 spiro atoms. The van der Waals surface area contributed by atoms with E-state index in [4.69, 9.17) is 0 Å². The van der Waals surface area contributed by atoms with Gasteiger partial charge in [0.25, 0.3) is 5.69 Å². The Hall–Kier alpha value is -1.88. The summed E-state index contributed by atoms with van der Waals surface area (Å²) in [6, 6.07) is 14.4. The van der Waals surface area contributed by atoms with Crippen molar-refractivity contribution in [3.8, 4) is 0 Å². The number of anilines is 1. The number of hydrogen-bond donors (Lipinski definition) is 1. The third-order valence-corrected chi connectivity index (χ3v) is 3.02. The lowest BCUT2D eigenvalue weighted by Gasteiger charge is -2.06. The van der Waals surface area contributed by atoms with Crippen LogP contribution in [0.4, 0.5) is 11.4 Å². The van der Waals surface area contributed by atoms with Crippen LogP contribution in [0.25, 0.3) is 0 Å². The van der Waals surface area contributed by atoms with Crippen molar-refractivity contribution in [3.05, 3.63) is 68.7 Å². The van der Waals surface area contributed by atoms with Crippen molar-refractivity contribution >= 4 is 27.3 Å². The zero-order valence-corrected chi connectivity index (χ0v) is 11.1. The smallest absolute Gasteiger partial charge is 0.269 e. The van der Waals surface area contributed by atoms with Crippen LogP contribution in [0, 0.1) is 10.1 Å². The van der Waals surface area contributed by atoms with Crippen molar-refractivity contribution in [1.82, 2.24) is 0 Å². The Kier molecular flexibility index (Phi) is 3.94. The van der Waals surface area contributed by atoms with Gasteiger partial charge < -0.3 is 5.32 Å². The second-order valence-electron chi connectivity index (χ2n) is 3.78. The quantitative estimate of drug-likeness (QED) is 0.687. The highest BCUT2D eigenvalue weighted by Gasteiger charge is 2.03. The predicted octanol–water partition coefficient (Wildman–Crippen LogP) is 3.97. The lowest BCUT2D eigenvalue weighted by Crippen LogP contribution is -1.99. The summed E-state index contributed by atoms with van der Waals surface area (Å²) in [6.45, 7) is 0.686. The summed E-state index contributed by atoms with van der Waals surface area (Å²) >= 11 is 3.38. The molecule has 1 N–H and O–H groups in total. The van der Waals surface area contributed by atoms with Crippen LogP contribution in [0.15, 0.2) is 53.0 Å². The minimum atomic E-state index is -0.404. The SMILES string of the molecule is O=[N+]([O-])c1ccc(NCc2ccc(Br)cc2)cc1. The molecule has 0 saturated heterocycles. The molecule has 0 aliphatic rings. The van der Waals surface area contributed by atoms with Gasteiger partial charge in [-0.15, -0.1) is 0 Å². The van der Waals surface area contributed by atoms with Gasteiger partial charge >= 0.3 is 0 Å². The molecular weight excluding hydrogens is 296 g/mol. The van der Waals surface area contributed by atoms with E-state index in [-0.39, 0.29) is 5.69 Å². The lowest BCUT2D eigenvalue weighted by molar-refractivity contribution is -0.384. The van der Waals surface area contributed by atoms with Crippen molar-refractivity contribution < 1.29 is 4.92 Å². The van der Waals surface area contributed by atoms with Crippen LogP contribution in [0.3, 0.4) is 0 Å². The Morgan fingerprint density at radius 3 is 2.22 bits per heavy atom. The number of benzene rings is 2. The van der Waals surface area contributed by atoms with Crippen LogP contribution in [0.5, 0.6) is 0 Å². The second-order valence-corrected chi connectivity index (χ2v) is 4.70. The fraction of sp³-hybridized carbons (Fsp3) is 0.0769. The Balaban J connectivity index is 1.97. The molecule has 0 bridgehead atoms. The lowest BCUT2D eigenvalue weighted by atomic mass is 10.2. The van der Waals surface area contributed by atoms with Crippen molar-refractivity contribution in [3.63, 3.8) is 0 Å². The molecule has 0 radical (unpaired) electrons. The van der Waals surface area contributed by atoms with Crippen molar-refractivity contribution in [1.29, 1.82) is 0 Å². The molecule has 0 fully saturated rings. The van der Waals surface area contributed by atoms with E-state index >= 15 is 0 Å². The van der Waals surface area contributed by atoms with Gasteiger partial charge in [0.1, 0.15) is 0 Å². The third-order valence-electron chi connectivity index (χ3n) is 2.49. The molecule has 0 unspecified atom stereocenters. The fourth-order valence-electron chi connectivity index (χ4n) is 1.51. The van der Waals surface area contributed by atoms with Gasteiger partial charge in [0, 0.05) is 28.8 Å². The van der Waals surface area contributed by atoms with E-state index in [0.717, 1.165) is 15.7 Å². The van der Waals surface area contributed by atoms with Gasteiger partial charge in [-0.05, 0) is 29.8 Å². The number of nitro groups is 1. The average Bonchev–Trinajstić information content (AvgIpc) is 2.38. The summed E-state index contributed by atoms with van der Waals surface area (Å²) in [5.74, 6) is 0. The highest BCUT2D eigenvalue weighted by Crippen LogP contribution is 2.17. The monoisotopic (exact) mass is 306 g/mol. The largest absolute Gasteiger partial charge is 0.381 e. The normalized spacial score (nSPS) is 10.1. The number of rotatable bonds is 4. The molecule has 0 amide bonds. The molecule has 0 aromatic heterocycles. The molecule has 2 rings (SSSR count). The van der Waals surface area contributed by atoms with Gasteiger partial charge in [0.2, 0.25) is 0 Å². The van der Waals surface area contributed by atoms with E-state index in [0.29, 0.717) is 6.54 Å². The fourth-order valence-corrected chi connectivity index (χ4v) is 1.77. The van der Waals surface area contributed by atoms with E-state index in [1.165, 1.54) is 12.1 Å². The highest BCUT2D eigenvalue weighted by molar-refractivity contribution is 9.10. The van der Waals surface area contributed by atoms with Crippen LogP contribution >= 0.6 is 15.9 Å². The first-order valence-electron chi connectivity index (χ1n) is 5.38. The maximum absolute atomic E-state index is 10.5. The summed E-state index contributed by atoms with van der Waals surface area (Å²) in [6.07, 6.45) is 0. The standard InChI is InChI=1S/C13H11BrN2O2/c14-11-3-1-10(2-4-11)9-15-12-5-7-13(8-6-12)16(17)18/h1-8,15H,9H2. The first-order chi connectivity index (χ1) is 8.65. The summed E-state index contributed by atoms with van der Waals surface area (Å²) < 4.78 is 1.04. The molecule has 2 aromatic rings. The van der Waals surface area contributed by atoms with E-state index in [2.05, 4.69) is 21.2 Å². The molecule has 18 heavy (non-hydrogen) atoms.